The van der Waals surface area contributed by atoms with E-state index in [9.17, 15) is 4.79 Å². The van der Waals surface area contributed by atoms with Gasteiger partial charge in [0.1, 0.15) is 5.75 Å². The minimum absolute atomic E-state index is 0.156. The van der Waals surface area contributed by atoms with Crippen molar-refractivity contribution in [3.63, 3.8) is 0 Å². The van der Waals surface area contributed by atoms with Crippen LogP contribution in [0.25, 0.3) is 0 Å². The van der Waals surface area contributed by atoms with Gasteiger partial charge in [-0.3, -0.25) is 0 Å². The van der Waals surface area contributed by atoms with Crippen molar-refractivity contribution in [2.24, 2.45) is 0 Å². The largest absolute Gasteiger partial charge is 0.496 e. The second-order valence-corrected chi connectivity index (χ2v) is 4.61. The molecule has 18 heavy (non-hydrogen) atoms. The van der Waals surface area contributed by atoms with Gasteiger partial charge in [0.15, 0.2) is 6.10 Å². The summed E-state index contributed by atoms with van der Waals surface area (Å²) in [5.74, 6) is -0.385. The predicted molar refractivity (Wildman–Crippen MR) is 69.4 cm³/mol. The molecule has 0 saturated carbocycles. The molecule has 5 heteroatoms. The van der Waals surface area contributed by atoms with Crippen LogP contribution in [0.1, 0.15) is 19.4 Å². The first kappa shape index (κ1) is 14.8. The summed E-state index contributed by atoms with van der Waals surface area (Å²) in [4.78, 5) is 11.1. The Bertz CT molecular complexity index is 417. The van der Waals surface area contributed by atoms with Gasteiger partial charge < -0.3 is 14.6 Å². The number of carboxylic acid groups (broad SMARTS) is 1. The quantitative estimate of drug-likeness (QED) is 0.865. The monoisotopic (exact) mass is 272 g/mol. The molecule has 1 rings (SSSR count). The molecule has 0 saturated heterocycles. The van der Waals surface area contributed by atoms with Gasteiger partial charge in [0.05, 0.1) is 13.2 Å². The fourth-order valence-corrected chi connectivity index (χ4v) is 1.82. The van der Waals surface area contributed by atoms with Gasteiger partial charge in [-0.15, -0.1) is 0 Å². The number of methoxy groups -OCH3 is 1. The number of hydrogen-bond acceptors (Lipinski definition) is 3. The molecule has 0 aliphatic rings. The van der Waals surface area contributed by atoms with Crippen LogP contribution in [0.2, 0.25) is 5.02 Å². The fraction of sp³-hybridized carbons (Fsp3) is 0.462. The first-order chi connectivity index (χ1) is 8.43. The fourth-order valence-electron chi connectivity index (χ4n) is 1.63. The van der Waals surface area contributed by atoms with E-state index in [4.69, 9.17) is 26.2 Å². The second kappa shape index (κ2) is 6.61. The third-order valence-electron chi connectivity index (χ3n) is 2.36. The normalized spacial score (nSPS) is 12.5. The first-order valence-corrected chi connectivity index (χ1v) is 6.02. The zero-order valence-electron chi connectivity index (χ0n) is 10.6. The molecule has 0 aliphatic heterocycles. The molecular weight excluding hydrogens is 256 g/mol. The van der Waals surface area contributed by atoms with Gasteiger partial charge in [-0.05, 0) is 37.6 Å². The summed E-state index contributed by atoms with van der Waals surface area (Å²) in [5, 5.41) is 9.66. The topological polar surface area (TPSA) is 55.8 Å². The number of ether oxygens (including phenoxy) is 2. The van der Waals surface area contributed by atoms with Crippen LogP contribution in [0.5, 0.6) is 5.75 Å². The molecule has 4 nitrogen and oxygen atoms in total. The van der Waals surface area contributed by atoms with Gasteiger partial charge in [-0.25, -0.2) is 4.79 Å². The van der Waals surface area contributed by atoms with E-state index < -0.39 is 12.1 Å². The van der Waals surface area contributed by atoms with E-state index in [1.54, 1.807) is 32.0 Å². The Morgan fingerprint density at radius 1 is 1.44 bits per heavy atom. The molecule has 1 atom stereocenters. The molecule has 1 N–H and O–H groups in total. The standard InChI is InChI=1S/C13H17ClO4/c1-8(2)18-12(13(15)16)7-9-6-10(14)4-5-11(9)17-3/h4-6,8,12H,7H2,1-3H3,(H,15,16)/t12-/m1/s1. The third kappa shape index (κ3) is 4.20. The smallest absolute Gasteiger partial charge is 0.333 e. The summed E-state index contributed by atoms with van der Waals surface area (Å²) < 4.78 is 10.5. The molecule has 0 radical (unpaired) electrons. The Hall–Kier alpha value is -1.26. The molecule has 1 aromatic carbocycles. The Balaban J connectivity index is 2.92. The van der Waals surface area contributed by atoms with Crippen molar-refractivity contribution in [2.45, 2.75) is 32.5 Å². The Labute approximate surface area is 111 Å². The third-order valence-corrected chi connectivity index (χ3v) is 2.59. The first-order valence-electron chi connectivity index (χ1n) is 5.64. The number of rotatable bonds is 6. The lowest BCUT2D eigenvalue weighted by Crippen LogP contribution is -2.29. The van der Waals surface area contributed by atoms with Crippen LogP contribution in [0.15, 0.2) is 18.2 Å². The average molecular weight is 273 g/mol. The lowest BCUT2D eigenvalue weighted by Gasteiger charge is -2.18. The Morgan fingerprint density at radius 2 is 2.11 bits per heavy atom. The predicted octanol–water partition coefficient (Wildman–Crippen LogP) is 2.77. The van der Waals surface area contributed by atoms with Crippen LogP contribution in [0, 0.1) is 0 Å². The molecule has 0 spiro atoms. The summed E-state index contributed by atoms with van der Waals surface area (Å²) in [5.41, 5.74) is 0.720. The van der Waals surface area contributed by atoms with Crippen molar-refractivity contribution >= 4 is 17.6 Å². The lowest BCUT2D eigenvalue weighted by atomic mass is 10.1. The highest BCUT2D eigenvalue weighted by Gasteiger charge is 2.22. The SMILES string of the molecule is COc1ccc(Cl)cc1C[C@@H](OC(C)C)C(=O)O. The number of aliphatic carboxylic acids is 1. The highest BCUT2D eigenvalue weighted by molar-refractivity contribution is 6.30. The molecule has 0 aliphatic carbocycles. The molecule has 0 heterocycles. The van der Waals surface area contributed by atoms with Gasteiger partial charge in [0.2, 0.25) is 0 Å². The molecule has 0 unspecified atom stereocenters. The number of hydrogen-bond donors (Lipinski definition) is 1. The van der Waals surface area contributed by atoms with Crippen molar-refractivity contribution in [3.8, 4) is 5.75 Å². The molecule has 0 fully saturated rings. The van der Waals surface area contributed by atoms with Crippen molar-refractivity contribution in [3.05, 3.63) is 28.8 Å². The van der Waals surface area contributed by atoms with E-state index in [1.165, 1.54) is 7.11 Å². The van der Waals surface area contributed by atoms with Crippen molar-refractivity contribution in [2.75, 3.05) is 7.11 Å². The minimum Gasteiger partial charge on any atom is -0.496 e. The van der Waals surface area contributed by atoms with Gasteiger partial charge in [0.25, 0.3) is 0 Å². The van der Waals surface area contributed by atoms with Crippen LogP contribution < -0.4 is 4.74 Å². The lowest BCUT2D eigenvalue weighted by molar-refractivity contribution is -0.153. The Kier molecular flexibility index (Phi) is 5.44. The van der Waals surface area contributed by atoms with Gasteiger partial charge in [-0.2, -0.15) is 0 Å². The molecule has 100 valence electrons. The van der Waals surface area contributed by atoms with E-state index in [0.717, 1.165) is 5.56 Å². The summed E-state index contributed by atoms with van der Waals surface area (Å²) in [7, 11) is 1.53. The maximum atomic E-state index is 11.1. The van der Waals surface area contributed by atoms with Crippen LogP contribution in [-0.2, 0) is 16.0 Å². The van der Waals surface area contributed by atoms with E-state index in [0.29, 0.717) is 10.8 Å². The van der Waals surface area contributed by atoms with Crippen LogP contribution in [-0.4, -0.2) is 30.4 Å². The van der Waals surface area contributed by atoms with Gasteiger partial charge in [0, 0.05) is 11.4 Å². The van der Waals surface area contributed by atoms with Crippen molar-refractivity contribution < 1.29 is 19.4 Å². The molecule has 0 bridgehead atoms. The number of halogens is 1. The van der Waals surface area contributed by atoms with E-state index in [-0.39, 0.29) is 12.5 Å². The van der Waals surface area contributed by atoms with Crippen LogP contribution in [0.3, 0.4) is 0 Å². The minimum atomic E-state index is -0.995. The maximum absolute atomic E-state index is 11.1. The van der Waals surface area contributed by atoms with E-state index in [2.05, 4.69) is 0 Å². The molecular formula is C13H17ClO4. The highest BCUT2D eigenvalue weighted by atomic mass is 35.5. The van der Waals surface area contributed by atoms with Crippen LogP contribution in [0.4, 0.5) is 0 Å². The maximum Gasteiger partial charge on any atom is 0.333 e. The van der Waals surface area contributed by atoms with Gasteiger partial charge >= 0.3 is 5.97 Å². The highest BCUT2D eigenvalue weighted by Crippen LogP contribution is 2.24. The number of benzene rings is 1. The molecule has 0 amide bonds. The zero-order valence-corrected chi connectivity index (χ0v) is 11.4. The second-order valence-electron chi connectivity index (χ2n) is 4.17. The summed E-state index contributed by atoms with van der Waals surface area (Å²) in [6, 6.07) is 5.11. The zero-order chi connectivity index (χ0) is 13.7. The summed E-state index contributed by atoms with van der Waals surface area (Å²) in [6.07, 6.45) is -0.842. The average Bonchev–Trinajstić information content (AvgIpc) is 2.27. The van der Waals surface area contributed by atoms with Crippen LogP contribution >= 0.6 is 11.6 Å². The summed E-state index contributed by atoms with van der Waals surface area (Å²) in [6.45, 7) is 3.59. The molecule has 1 aromatic rings. The van der Waals surface area contributed by atoms with Gasteiger partial charge in [-0.1, -0.05) is 11.6 Å². The van der Waals surface area contributed by atoms with Crippen molar-refractivity contribution in [1.29, 1.82) is 0 Å². The van der Waals surface area contributed by atoms with Crippen molar-refractivity contribution in [1.82, 2.24) is 0 Å². The Morgan fingerprint density at radius 3 is 2.61 bits per heavy atom. The van der Waals surface area contributed by atoms with E-state index >= 15 is 0 Å². The number of carboxylic acids is 1. The number of carbonyl (C=O) groups is 1. The van der Waals surface area contributed by atoms with E-state index in [1.807, 2.05) is 0 Å². The molecule has 0 aromatic heterocycles. The summed E-state index contributed by atoms with van der Waals surface area (Å²) >= 11 is 5.90.